The first-order valence-electron chi connectivity index (χ1n) is 10.9. The van der Waals surface area contributed by atoms with Gasteiger partial charge in [-0.2, -0.15) is 5.53 Å². The van der Waals surface area contributed by atoms with E-state index in [0.29, 0.717) is 24.0 Å². The van der Waals surface area contributed by atoms with E-state index in [1.54, 1.807) is 24.2 Å². The second kappa shape index (κ2) is 9.11. The maximum absolute atomic E-state index is 13.3. The van der Waals surface area contributed by atoms with Gasteiger partial charge in [-0.05, 0) is 46.0 Å². The van der Waals surface area contributed by atoms with Crippen molar-refractivity contribution in [1.29, 1.82) is 5.53 Å². The Hall–Kier alpha value is -3.21. The average molecular weight is 441 g/mol. The number of esters is 1. The van der Waals surface area contributed by atoms with E-state index in [9.17, 15) is 9.59 Å². The lowest BCUT2D eigenvalue weighted by molar-refractivity contribution is -0.138. The second-order valence-electron chi connectivity index (χ2n) is 8.61. The monoisotopic (exact) mass is 440 g/mol. The van der Waals surface area contributed by atoms with Crippen molar-refractivity contribution in [3.05, 3.63) is 29.4 Å². The number of amides is 1. The van der Waals surface area contributed by atoms with Gasteiger partial charge in [-0.15, -0.1) is 5.10 Å². The molecule has 1 saturated heterocycles. The highest BCUT2D eigenvalue weighted by Crippen LogP contribution is 2.46. The van der Waals surface area contributed by atoms with Crippen LogP contribution in [0.15, 0.2) is 34.0 Å². The van der Waals surface area contributed by atoms with Crippen molar-refractivity contribution in [2.45, 2.75) is 58.0 Å². The number of carbonyl (C=O) groups is 2. The van der Waals surface area contributed by atoms with Crippen LogP contribution in [0.1, 0.15) is 57.7 Å². The van der Waals surface area contributed by atoms with Gasteiger partial charge in [-0.3, -0.25) is 9.78 Å². The van der Waals surface area contributed by atoms with E-state index in [-0.39, 0.29) is 29.9 Å². The molecule has 1 saturated carbocycles. The molecule has 32 heavy (non-hydrogen) atoms. The molecule has 1 amide bonds. The lowest BCUT2D eigenvalue weighted by Crippen LogP contribution is -2.42. The summed E-state index contributed by atoms with van der Waals surface area (Å²) in [5.74, 6) is 0.350. The summed E-state index contributed by atoms with van der Waals surface area (Å²) >= 11 is 0. The summed E-state index contributed by atoms with van der Waals surface area (Å²) in [6.07, 6.45) is 8.92. The molecular formula is C21H28N8O3. The molecule has 2 fully saturated rings. The molecule has 0 bridgehead atoms. The average Bonchev–Trinajstić information content (AvgIpc) is 3.29. The maximum atomic E-state index is 13.3. The first kappa shape index (κ1) is 22.0. The Labute approximate surface area is 186 Å². The van der Waals surface area contributed by atoms with E-state index < -0.39 is 0 Å². The van der Waals surface area contributed by atoms with Crippen LogP contribution in [-0.2, 0) is 14.3 Å². The maximum Gasteiger partial charge on any atom is 0.336 e. The van der Waals surface area contributed by atoms with E-state index in [4.69, 9.17) is 10.3 Å². The highest BCUT2D eigenvalue weighted by molar-refractivity contribution is 5.94. The van der Waals surface area contributed by atoms with E-state index in [2.05, 4.69) is 37.8 Å². The number of cyclic esters (lactones) is 1. The molecule has 0 aromatic carbocycles. The Morgan fingerprint density at radius 3 is 2.69 bits per heavy atom. The zero-order valence-corrected chi connectivity index (χ0v) is 18.3. The van der Waals surface area contributed by atoms with Crippen LogP contribution in [0.3, 0.4) is 0 Å². The zero-order chi connectivity index (χ0) is 22.7. The van der Waals surface area contributed by atoms with Crippen molar-refractivity contribution in [2.75, 3.05) is 18.5 Å². The van der Waals surface area contributed by atoms with Gasteiger partial charge in [0.25, 0.3) is 0 Å². The third kappa shape index (κ3) is 4.24. The molecule has 1 aromatic rings. The van der Waals surface area contributed by atoms with Crippen molar-refractivity contribution in [1.82, 2.24) is 20.2 Å². The highest BCUT2D eigenvalue weighted by atomic mass is 16.5. The molecule has 1 aliphatic carbocycles. The van der Waals surface area contributed by atoms with Gasteiger partial charge in [-0.1, -0.05) is 5.22 Å². The molecule has 11 nitrogen and oxygen atoms in total. The van der Waals surface area contributed by atoms with E-state index in [0.717, 1.165) is 43.5 Å². The number of anilines is 1. The number of nitrogens with zero attached hydrogens (tertiary/aromatic N) is 5. The summed E-state index contributed by atoms with van der Waals surface area (Å²) in [5.41, 5.74) is 8.42. The van der Waals surface area contributed by atoms with Crippen LogP contribution in [0.4, 0.5) is 5.82 Å². The number of ether oxygens (including phenoxy) is 1. The minimum Gasteiger partial charge on any atom is -0.456 e. The molecule has 170 valence electrons. The Bertz CT molecular complexity index is 950. The van der Waals surface area contributed by atoms with E-state index >= 15 is 0 Å². The number of hydrogen-bond acceptors (Lipinski definition) is 8. The normalized spacial score (nSPS) is 26.8. The smallest absolute Gasteiger partial charge is 0.336 e. The molecular weight excluding hydrogens is 412 g/mol. The Morgan fingerprint density at radius 2 is 2.06 bits per heavy atom. The predicted octanol–water partition coefficient (Wildman–Crippen LogP) is 2.51. The minimum atomic E-state index is -0.320. The standard InChI is InChI=1S/C21H28N8O3/c1-13-17(11-32-19(13)30)29-8-7-21(20(29)31)5-3-15(4-6-21)27-14(2)16-9-24-18(10-23-16)25-12-26-28-22/h9-10,12,14-15,27H,3-8,11H2,1-2H3,(H2,22,24,25,26)/t14-,15-,21-/m1/s1. The van der Waals surface area contributed by atoms with Gasteiger partial charge in [0.1, 0.15) is 18.8 Å². The summed E-state index contributed by atoms with van der Waals surface area (Å²) < 4.78 is 5.10. The SMILES string of the molecule is CC1=C(N2CC[C@]3(CC[C@@H](N[C@H](C)c4cnc(N/C=N\N=N)cn4)CC3)C2=O)COC1=O. The van der Waals surface area contributed by atoms with Gasteiger partial charge < -0.3 is 20.3 Å². The largest absolute Gasteiger partial charge is 0.456 e. The van der Waals surface area contributed by atoms with Crippen molar-refractivity contribution in [3.8, 4) is 0 Å². The molecule has 2 aliphatic heterocycles. The van der Waals surface area contributed by atoms with Crippen LogP contribution in [0, 0.1) is 10.9 Å². The number of rotatable bonds is 7. The van der Waals surface area contributed by atoms with Gasteiger partial charge in [0.15, 0.2) is 0 Å². The fraction of sp³-hybridized carbons (Fsp3) is 0.571. The Kier molecular flexibility index (Phi) is 6.26. The summed E-state index contributed by atoms with van der Waals surface area (Å²) in [7, 11) is 0. The number of hydrogen-bond donors (Lipinski definition) is 3. The van der Waals surface area contributed by atoms with E-state index in [1.165, 1.54) is 6.34 Å². The molecule has 3 N–H and O–H groups in total. The van der Waals surface area contributed by atoms with Crippen LogP contribution in [-0.4, -0.2) is 52.3 Å². The number of nitrogens with one attached hydrogen (secondary N) is 3. The second-order valence-corrected chi connectivity index (χ2v) is 8.61. The van der Waals surface area contributed by atoms with Crippen molar-refractivity contribution >= 4 is 24.0 Å². The lowest BCUT2D eigenvalue weighted by atomic mass is 9.71. The zero-order valence-electron chi connectivity index (χ0n) is 18.3. The molecule has 0 radical (unpaired) electrons. The number of carbonyl (C=O) groups excluding carboxylic acids is 2. The van der Waals surface area contributed by atoms with Crippen LogP contribution in [0.5, 0.6) is 0 Å². The molecule has 11 heteroatoms. The molecule has 3 heterocycles. The van der Waals surface area contributed by atoms with Gasteiger partial charge >= 0.3 is 5.97 Å². The Morgan fingerprint density at radius 1 is 1.28 bits per heavy atom. The predicted molar refractivity (Wildman–Crippen MR) is 116 cm³/mol. The summed E-state index contributed by atoms with van der Waals surface area (Å²) in [6.45, 7) is 4.65. The first-order valence-corrected chi connectivity index (χ1v) is 10.9. The fourth-order valence-electron chi connectivity index (χ4n) is 4.83. The molecule has 4 rings (SSSR count). The number of aromatic nitrogens is 2. The summed E-state index contributed by atoms with van der Waals surface area (Å²) in [5, 5.41) is 12.7. The molecule has 1 atom stereocenters. The number of likely N-dealkylation sites (tertiary alicyclic amines) is 1. The summed E-state index contributed by atoms with van der Waals surface area (Å²) in [6, 6.07) is 0.331. The molecule has 3 aliphatic rings. The van der Waals surface area contributed by atoms with E-state index in [1.807, 2.05) is 0 Å². The first-order chi connectivity index (χ1) is 15.4. The van der Waals surface area contributed by atoms with Gasteiger partial charge in [0.2, 0.25) is 5.91 Å². The van der Waals surface area contributed by atoms with Gasteiger partial charge in [0.05, 0.1) is 34.8 Å². The molecule has 1 spiro atoms. The Balaban J connectivity index is 1.31. The van der Waals surface area contributed by atoms with Crippen molar-refractivity contribution in [2.24, 2.45) is 15.7 Å². The topological polar surface area (TPSA) is 145 Å². The molecule has 0 unspecified atom stereocenters. The van der Waals surface area contributed by atoms with Crippen LogP contribution >= 0.6 is 0 Å². The molecule has 1 aromatic heterocycles. The summed E-state index contributed by atoms with van der Waals surface area (Å²) in [4.78, 5) is 35.5. The minimum absolute atomic E-state index is 0.0257. The van der Waals surface area contributed by atoms with Gasteiger partial charge in [-0.25, -0.2) is 9.78 Å². The highest BCUT2D eigenvalue weighted by Gasteiger charge is 2.50. The van der Waals surface area contributed by atoms with Crippen LogP contribution in [0.25, 0.3) is 0 Å². The third-order valence-corrected chi connectivity index (χ3v) is 6.79. The van der Waals surface area contributed by atoms with Gasteiger partial charge in [0, 0.05) is 18.6 Å². The lowest BCUT2D eigenvalue weighted by Gasteiger charge is -2.37. The van der Waals surface area contributed by atoms with Crippen LogP contribution < -0.4 is 10.6 Å². The quantitative estimate of drug-likeness (QED) is 0.194. The van der Waals surface area contributed by atoms with Crippen LogP contribution in [0.2, 0.25) is 0 Å². The van der Waals surface area contributed by atoms with Crippen molar-refractivity contribution < 1.29 is 14.3 Å². The van der Waals surface area contributed by atoms with Crippen molar-refractivity contribution in [3.63, 3.8) is 0 Å². The third-order valence-electron chi connectivity index (χ3n) is 6.79. The fourth-order valence-corrected chi connectivity index (χ4v) is 4.83.